The second kappa shape index (κ2) is 12.4. The second-order valence-electron chi connectivity index (χ2n) is 10.2. The molecule has 0 saturated carbocycles. The lowest BCUT2D eigenvalue weighted by Gasteiger charge is -2.14. The highest BCUT2D eigenvalue weighted by Crippen LogP contribution is 2.36. The van der Waals surface area contributed by atoms with Crippen LogP contribution in [0.3, 0.4) is 0 Å². The van der Waals surface area contributed by atoms with Gasteiger partial charge in [0.25, 0.3) is 0 Å². The van der Waals surface area contributed by atoms with Gasteiger partial charge in [-0.1, -0.05) is 72.8 Å². The van der Waals surface area contributed by atoms with Gasteiger partial charge in [-0.05, 0) is 111 Å². The molecule has 0 radical (unpaired) electrons. The standard InChI is InChI=1S/C39H31N3/c1-3-28(25-40-2)29-9-4-12-32(19-29)37-22-38(33-13-5-10-30(20-33)35-15-7-17-41-26-35)24-39(23-37)34-14-6-11-31(21-34)36-16-8-18-42-27-36/h3-27H,1-2H3/b28-3+,40-25-. The quantitative estimate of drug-likeness (QED) is 0.189. The molecule has 202 valence electrons. The highest BCUT2D eigenvalue weighted by atomic mass is 14.6. The summed E-state index contributed by atoms with van der Waals surface area (Å²) in [6.45, 7) is 2.05. The van der Waals surface area contributed by atoms with Crippen molar-refractivity contribution < 1.29 is 0 Å². The zero-order valence-corrected chi connectivity index (χ0v) is 23.8. The van der Waals surface area contributed by atoms with Crippen LogP contribution in [0.4, 0.5) is 0 Å². The number of aromatic nitrogens is 2. The first kappa shape index (κ1) is 26.8. The van der Waals surface area contributed by atoms with Gasteiger partial charge in [-0.3, -0.25) is 15.0 Å². The lowest BCUT2D eigenvalue weighted by molar-refractivity contribution is 1.33. The normalized spacial score (nSPS) is 11.6. The molecule has 3 nitrogen and oxygen atoms in total. The maximum atomic E-state index is 4.33. The Bertz CT molecular complexity index is 1790. The Hall–Kier alpha value is -5.41. The van der Waals surface area contributed by atoms with E-state index in [4.69, 9.17) is 0 Å². The summed E-state index contributed by atoms with van der Waals surface area (Å²) in [4.78, 5) is 12.9. The van der Waals surface area contributed by atoms with Crippen molar-refractivity contribution in [2.75, 3.05) is 7.05 Å². The van der Waals surface area contributed by atoms with Crippen LogP contribution in [0.25, 0.3) is 61.2 Å². The van der Waals surface area contributed by atoms with E-state index in [1.54, 1.807) is 0 Å². The van der Waals surface area contributed by atoms with E-state index < -0.39 is 0 Å². The minimum Gasteiger partial charge on any atom is -0.296 e. The van der Waals surface area contributed by atoms with Crippen molar-refractivity contribution in [2.45, 2.75) is 6.92 Å². The van der Waals surface area contributed by atoms with Crippen LogP contribution < -0.4 is 0 Å². The van der Waals surface area contributed by atoms with E-state index in [1.165, 1.54) is 0 Å². The van der Waals surface area contributed by atoms with Crippen molar-refractivity contribution in [3.8, 4) is 55.6 Å². The molecule has 4 aromatic carbocycles. The molecule has 0 aliphatic carbocycles. The molecule has 0 aliphatic rings. The average Bonchev–Trinajstić information content (AvgIpc) is 3.08. The Morgan fingerprint density at radius 3 is 1.33 bits per heavy atom. The van der Waals surface area contributed by atoms with Crippen LogP contribution in [-0.4, -0.2) is 23.2 Å². The van der Waals surface area contributed by atoms with Crippen molar-refractivity contribution in [3.63, 3.8) is 0 Å². The lowest BCUT2D eigenvalue weighted by Crippen LogP contribution is -1.90. The first-order valence-corrected chi connectivity index (χ1v) is 14.1. The van der Waals surface area contributed by atoms with Crippen molar-refractivity contribution in [3.05, 3.63) is 152 Å². The lowest BCUT2D eigenvalue weighted by atomic mass is 9.90. The highest BCUT2D eigenvalue weighted by molar-refractivity contribution is 6.10. The number of hydrogen-bond donors (Lipinski definition) is 0. The Labute approximate surface area is 247 Å². The Balaban J connectivity index is 1.51. The zero-order chi connectivity index (χ0) is 28.7. The van der Waals surface area contributed by atoms with Crippen molar-refractivity contribution in [2.24, 2.45) is 4.99 Å². The van der Waals surface area contributed by atoms with Crippen LogP contribution >= 0.6 is 0 Å². The Morgan fingerprint density at radius 1 is 0.500 bits per heavy atom. The van der Waals surface area contributed by atoms with Gasteiger partial charge < -0.3 is 0 Å². The minimum absolute atomic E-state index is 1.10. The second-order valence-corrected chi connectivity index (χ2v) is 10.2. The van der Waals surface area contributed by atoms with Crippen LogP contribution in [0.1, 0.15) is 12.5 Å². The van der Waals surface area contributed by atoms with Crippen molar-refractivity contribution >= 4 is 11.8 Å². The summed E-state index contributed by atoms with van der Waals surface area (Å²) in [5, 5.41) is 0. The third-order valence-corrected chi connectivity index (χ3v) is 7.42. The molecule has 0 atom stereocenters. The first-order chi connectivity index (χ1) is 20.7. The molecule has 42 heavy (non-hydrogen) atoms. The molecule has 6 aromatic rings. The maximum Gasteiger partial charge on any atom is 0.0346 e. The molecule has 2 aromatic heterocycles. The van der Waals surface area contributed by atoms with Gasteiger partial charge in [0.15, 0.2) is 0 Å². The molecule has 2 heterocycles. The summed E-state index contributed by atoms with van der Waals surface area (Å²) in [6.07, 6.45) is 11.4. The molecule has 0 amide bonds. The summed E-state index contributed by atoms with van der Waals surface area (Å²) < 4.78 is 0. The molecule has 0 fully saturated rings. The smallest absolute Gasteiger partial charge is 0.0346 e. The zero-order valence-electron chi connectivity index (χ0n) is 23.8. The molecule has 6 rings (SSSR count). The highest BCUT2D eigenvalue weighted by Gasteiger charge is 2.11. The van der Waals surface area contributed by atoms with Gasteiger partial charge in [0, 0.05) is 49.2 Å². The van der Waals surface area contributed by atoms with Crippen LogP contribution in [0.2, 0.25) is 0 Å². The number of rotatable bonds is 7. The van der Waals surface area contributed by atoms with Crippen LogP contribution in [-0.2, 0) is 0 Å². The van der Waals surface area contributed by atoms with Crippen LogP contribution in [0.15, 0.2) is 151 Å². The average molecular weight is 542 g/mol. The number of hydrogen-bond acceptors (Lipinski definition) is 3. The SMILES string of the molecule is C/C=C(\C=N/C)c1cccc(-c2cc(-c3cccc(-c4cccnc4)c3)cc(-c3cccc(-c4cccnc4)c3)c2)c1. The summed E-state index contributed by atoms with van der Waals surface area (Å²) in [5.74, 6) is 0. The molecule has 0 unspecified atom stereocenters. The van der Waals surface area contributed by atoms with Gasteiger partial charge in [0.05, 0.1) is 0 Å². The predicted molar refractivity (Wildman–Crippen MR) is 177 cm³/mol. The molecule has 0 saturated heterocycles. The van der Waals surface area contributed by atoms with Crippen LogP contribution in [0, 0.1) is 0 Å². The molecule has 0 bridgehead atoms. The van der Waals surface area contributed by atoms with Crippen molar-refractivity contribution in [1.82, 2.24) is 9.97 Å². The summed E-state index contributed by atoms with van der Waals surface area (Å²) >= 11 is 0. The topological polar surface area (TPSA) is 38.1 Å². The Morgan fingerprint density at radius 2 is 0.905 bits per heavy atom. The fourth-order valence-electron chi connectivity index (χ4n) is 5.28. The third kappa shape index (κ3) is 5.86. The monoisotopic (exact) mass is 541 g/mol. The summed E-state index contributed by atoms with van der Waals surface area (Å²) in [5.41, 5.74) is 13.7. The first-order valence-electron chi connectivity index (χ1n) is 14.1. The molecular formula is C39H31N3. The number of benzene rings is 4. The van der Waals surface area contributed by atoms with E-state index in [2.05, 4.69) is 124 Å². The number of nitrogens with zero attached hydrogens (tertiary/aromatic N) is 3. The largest absolute Gasteiger partial charge is 0.296 e. The molecule has 3 heteroatoms. The van der Waals surface area contributed by atoms with Gasteiger partial charge >= 0.3 is 0 Å². The fraction of sp³-hybridized carbons (Fsp3) is 0.0513. The van der Waals surface area contributed by atoms with Gasteiger partial charge in [0.2, 0.25) is 0 Å². The van der Waals surface area contributed by atoms with Crippen LogP contribution in [0.5, 0.6) is 0 Å². The van der Waals surface area contributed by atoms with E-state index in [9.17, 15) is 0 Å². The molecule has 0 aliphatic heterocycles. The molecule has 0 N–H and O–H groups in total. The fourth-order valence-corrected chi connectivity index (χ4v) is 5.28. The van der Waals surface area contributed by atoms with Gasteiger partial charge in [-0.15, -0.1) is 0 Å². The van der Waals surface area contributed by atoms with E-state index in [-0.39, 0.29) is 0 Å². The molecular weight excluding hydrogens is 510 g/mol. The third-order valence-electron chi connectivity index (χ3n) is 7.42. The van der Waals surface area contributed by atoms with E-state index >= 15 is 0 Å². The molecule has 0 spiro atoms. The van der Waals surface area contributed by atoms with Crippen molar-refractivity contribution in [1.29, 1.82) is 0 Å². The van der Waals surface area contributed by atoms with E-state index in [0.29, 0.717) is 0 Å². The number of aliphatic imine (C=N–C) groups is 1. The summed E-state index contributed by atoms with van der Waals surface area (Å²) in [6, 6.07) is 41.1. The maximum absolute atomic E-state index is 4.33. The van der Waals surface area contributed by atoms with Gasteiger partial charge in [-0.2, -0.15) is 0 Å². The summed E-state index contributed by atoms with van der Waals surface area (Å²) in [7, 11) is 1.81. The number of allylic oxidation sites excluding steroid dienone is 2. The predicted octanol–water partition coefficient (Wildman–Crippen LogP) is 9.92. The van der Waals surface area contributed by atoms with Gasteiger partial charge in [0.1, 0.15) is 0 Å². The number of pyridine rings is 2. The van der Waals surface area contributed by atoms with E-state index in [1.807, 2.05) is 57.1 Å². The Kier molecular flexibility index (Phi) is 7.91. The van der Waals surface area contributed by atoms with Gasteiger partial charge in [-0.25, -0.2) is 0 Å². The minimum atomic E-state index is 1.10. The van der Waals surface area contributed by atoms with E-state index in [0.717, 1.165) is 66.8 Å².